The molecule has 0 aromatic carbocycles. The van der Waals surface area contributed by atoms with Crippen molar-refractivity contribution < 1.29 is 28.7 Å². The SMILES string of the molecule is COC(=O)/C=C/CC[C@H](NC(=O)C1COCCN1)C(=O)Nc1cccn(CC(=O)NC2C3CC4CC(C3)CC2C4)c1=O. The van der Waals surface area contributed by atoms with Gasteiger partial charge in [0.1, 0.15) is 24.3 Å². The van der Waals surface area contributed by atoms with E-state index in [1.807, 2.05) is 0 Å². The van der Waals surface area contributed by atoms with E-state index in [0.29, 0.717) is 31.4 Å². The fraction of sp³-hybridized carbons (Fsp3) is 0.633. The topological polar surface area (TPSA) is 157 Å². The molecule has 5 fully saturated rings. The van der Waals surface area contributed by atoms with Crippen LogP contribution in [0.2, 0.25) is 0 Å². The van der Waals surface area contributed by atoms with E-state index >= 15 is 0 Å². The third kappa shape index (κ3) is 7.27. The van der Waals surface area contributed by atoms with Crippen LogP contribution in [0.25, 0.3) is 0 Å². The van der Waals surface area contributed by atoms with Crippen LogP contribution in [0.15, 0.2) is 35.3 Å². The molecule has 4 saturated carbocycles. The minimum atomic E-state index is -0.989. The molecule has 42 heavy (non-hydrogen) atoms. The van der Waals surface area contributed by atoms with Gasteiger partial charge in [-0.2, -0.15) is 0 Å². The van der Waals surface area contributed by atoms with Crippen molar-refractivity contribution in [3.05, 3.63) is 40.8 Å². The largest absolute Gasteiger partial charge is 0.466 e. The first-order valence-electron chi connectivity index (χ1n) is 15.0. The first-order chi connectivity index (χ1) is 20.3. The Morgan fingerprint density at radius 2 is 1.88 bits per heavy atom. The van der Waals surface area contributed by atoms with Gasteiger partial charge in [0.25, 0.3) is 5.56 Å². The molecule has 1 unspecified atom stereocenters. The molecular formula is C30H41N5O7. The molecule has 2 atom stereocenters. The van der Waals surface area contributed by atoms with Crippen LogP contribution in [0.5, 0.6) is 0 Å². The number of amides is 3. The van der Waals surface area contributed by atoms with E-state index in [9.17, 15) is 24.0 Å². The lowest BCUT2D eigenvalue weighted by Crippen LogP contribution is -2.56. The molecule has 228 valence electrons. The van der Waals surface area contributed by atoms with Gasteiger partial charge >= 0.3 is 5.97 Å². The summed E-state index contributed by atoms with van der Waals surface area (Å²) in [4.78, 5) is 63.7. The Balaban J connectivity index is 1.21. The number of anilines is 1. The van der Waals surface area contributed by atoms with Gasteiger partial charge in [-0.25, -0.2) is 4.79 Å². The lowest BCUT2D eigenvalue weighted by molar-refractivity contribution is -0.135. The lowest BCUT2D eigenvalue weighted by atomic mass is 9.54. The van der Waals surface area contributed by atoms with Gasteiger partial charge in [0.15, 0.2) is 0 Å². The van der Waals surface area contributed by atoms with Gasteiger partial charge in [-0.3, -0.25) is 19.2 Å². The number of hydrogen-bond donors (Lipinski definition) is 4. The zero-order valence-corrected chi connectivity index (χ0v) is 24.0. The maximum Gasteiger partial charge on any atom is 0.330 e. The third-order valence-electron chi connectivity index (χ3n) is 9.09. The Labute approximate surface area is 245 Å². The molecule has 1 aliphatic heterocycles. The second-order valence-electron chi connectivity index (χ2n) is 12.0. The van der Waals surface area contributed by atoms with Crippen molar-refractivity contribution >= 4 is 29.4 Å². The third-order valence-corrected chi connectivity index (χ3v) is 9.09. The van der Waals surface area contributed by atoms with Crippen LogP contribution in [0.1, 0.15) is 44.9 Å². The quantitative estimate of drug-likeness (QED) is 0.219. The summed E-state index contributed by atoms with van der Waals surface area (Å²) in [6.45, 7) is 1.04. The van der Waals surface area contributed by atoms with Gasteiger partial charge < -0.3 is 35.3 Å². The van der Waals surface area contributed by atoms with Crippen molar-refractivity contribution in [3.63, 3.8) is 0 Å². The number of carbonyl (C=O) groups excluding carboxylic acids is 4. The molecule has 12 heteroatoms. The Bertz CT molecular complexity index is 1230. The number of pyridine rings is 1. The average Bonchev–Trinajstić information content (AvgIpc) is 2.98. The zero-order chi connectivity index (χ0) is 29.6. The van der Waals surface area contributed by atoms with Crippen LogP contribution >= 0.6 is 0 Å². The predicted octanol–water partition coefficient (Wildman–Crippen LogP) is 0.710. The van der Waals surface area contributed by atoms with Crippen LogP contribution in [0.4, 0.5) is 5.69 Å². The summed E-state index contributed by atoms with van der Waals surface area (Å²) < 4.78 is 11.2. The molecule has 6 rings (SSSR count). The minimum Gasteiger partial charge on any atom is -0.466 e. The summed E-state index contributed by atoms with van der Waals surface area (Å²) in [5.74, 6) is 0.929. The standard InChI is InChI=1S/C30H41N5O7/c1-41-26(37)7-3-2-5-22(32-29(39)24-17-42-10-8-31-24)28(38)33-23-6-4-9-35(30(23)40)16-25(36)34-27-20-12-18-11-19(14-20)15-21(27)13-18/h3-4,6-7,9,18-22,24,27,31H,2,5,8,10-17H2,1H3,(H,32,39)(H,33,38)(H,34,36)/b7-3+/t18?,19?,20?,21?,22-,24?,27?/m0/s1. The number of hydrogen-bond acceptors (Lipinski definition) is 8. The molecule has 3 amide bonds. The van der Waals surface area contributed by atoms with Crippen molar-refractivity contribution in [1.82, 2.24) is 20.5 Å². The molecule has 4 N–H and O–H groups in total. The Kier molecular flexibility index (Phi) is 9.73. The minimum absolute atomic E-state index is 0.00778. The first kappa shape index (κ1) is 30.0. The van der Waals surface area contributed by atoms with Crippen LogP contribution in [-0.2, 0) is 35.2 Å². The normalized spacial score (nSPS) is 28.7. The number of nitrogens with one attached hydrogen (secondary N) is 4. The summed E-state index contributed by atoms with van der Waals surface area (Å²) in [5, 5.41) is 11.6. The van der Waals surface area contributed by atoms with Crippen molar-refractivity contribution in [3.8, 4) is 0 Å². The fourth-order valence-corrected chi connectivity index (χ4v) is 7.31. The van der Waals surface area contributed by atoms with E-state index in [1.54, 1.807) is 12.1 Å². The molecule has 1 saturated heterocycles. The highest BCUT2D eigenvalue weighted by molar-refractivity contribution is 5.97. The maximum atomic E-state index is 13.3. The predicted molar refractivity (Wildman–Crippen MR) is 153 cm³/mol. The summed E-state index contributed by atoms with van der Waals surface area (Å²) >= 11 is 0. The molecule has 5 aliphatic rings. The summed E-state index contributed by atoms with van der Waals surface area (Å²) in [6, 6.07) is 1.64. The number of carbonyl (C=O) groups is 4. The molecule has 0 radical (unpaired) electrons. The van der Waals surface area contributed by atoms with Gasteiger partial charge in [0.2, 0.25) is 17.7 Å². The molecule has 4 bridgehead atoms. The summed E-state index contributed by atoms with van der Waals surface area (Å²) in [5.41, 5.74) is -0.502. The van der Waals surface area contributed by atoms with E-state index in [4.69, 9.17) is 4.74 Å². The number of aromatic nitrogens is 1. The highest BCUT2D eigenvalue weighted by Gasteiger charge is 2.48. The van der Waals surface area contributed by atoms with Gasteiger partial charge in [-0.15, -0.1) is 0 Å². The second kappa shape index (κ2) is 13.6. The van der Waals surface area contributed by atoms with E-state index in [-0.39, 0.29) is 37.2 Å². The van der Waals surface area contributed by atoms with Crippen LogP contribution in [0, 0.1) is 23.7 Å². The monoisotopic (exact) mass is 583 g/mol. The maximum absolute atomic E-state index is 13.3. The van der Waals surface area contributed by atoms with Gasteiger partial charge in [-0.05, 0) is 80.8 Å². The molecular weight excluding hydrogens is 542 g/mol. The average molecular weight is 584 g/mol. The smallest absolute Gasteiger partial charge is 0.330 e. The summed E-state index contributed by atoms with van der Waals surface area (Å²) in [7, 11) is 1.27. The van der Waals surface area contributed by atoms with Crippen LogP contribution in [-0.4, -0.2) is 73.3 Å². The van der Waals surface area contributed by atoms with Crippen molar-refractivity contribution in [1.29, 1.82) is 0 Å². The zero-order valence-electron chi connectivity index (χ0n) is 24.0. The fourth-order valence-electron chi connectivity index (χ4n) is 7.31. The number of esters is 1. The van der Waals surface area contributed by atoms with Crippen molar-refractivity contribution in [2.75, 3.05) is 32.2 Å². The second-order valence-corrected chi connectivity index (χ2v) is 12.0. The first-order valence-corrected chi connectivity index (χ1v) is 15.0. The van der Waals surface area contributed by atoms with Gasteiger partial charge in [0, 0.05) is 24.9 Å². The molecule has 12 nitrogen and oxygen atoms in total. The molecule has 1 aromatic heterocycles. The van der Waals surface area contributed by atoms with E-state index in [2.05, 4.69) is 26.0 Å². The number of allylic oxidation sites excluding steroid dienone is 1. The van der Waals surface area contributed by atoms with Gasteiger partial charge in [-0.1, -0.05) is 6.08 Å². The van der Waals surface area contributed by atoms with E-state index in [0.717, 1.165) is 11.8 Å². The van der Waals surface area contributed by atoms with Crippen molar-refractivity contribution in [2.45, 2.75) is 69.6 Å². The van der Waals surface area contributed by atoms with Crippen LogP contribution in [0.3, 0.4) is 0 Å². The molecule has 4 aliphatic carbocycles. The Hall–Kier alpha value is -3.51. The van der Waals surface area contributed by atoms with E-state index in [1.165, 1.54) is 62.1 Å². The van der Waals surface area contributed by atoms with Gasteiger partial charge in [0.05, 0.1) is 20.3 Å². The Morgan fingerprint density at radius 3 is 2.55 bits per heavy atom. The molecule has 2 heterocycles. The summed E-state index contributed by atoms with van der Waals surface area (Å²) in [6.07, 6.45) is 10.9. The highest BCUT2D eigenvalue weighted by Crippen LogP contribution is 2.53. The molecule has 0 spiro atoms. The Morgan fingerprint density at radius 1 is 1.14 bits per heavy atom. The number of methoxy groups -OCH3 is 1. The molecule has 1 aromatic rings. The van der Waals surface area contributed by atoms with Crippen LogP contribution < -0.4 is 26.8 Å². The van der Waals surface area contributed by atoms with E-state index < -0.39 is 35.4 Å². The lowest BCUT2D eigenvalue weighted by Gasteiger charge is -2.54. The highest BCUT2D eigenvalue weighted by atomic mass is 16.5. The number of ether oxygens (including phenoxy) is 2. The number of morpholine rings is 1. The number of rotatable bonds is 11. The number of nitrogens with zero attached hydrogens (tertiary/aromatic N) is 1. The van der Waals surface area contributed by atoms with Crippen molar-refractivity contribution in [2.24, 2.45) is 23.7 Å².